The molecule has 32 heavy (non-hydrogen) atoms. The molecule has 1 fully saturated rings. The van der Waals surface area contributed by atoms with Gasteiger partial charge in [0.15, 0.2) is 0 Å². The first-order valence-corrected chi connectivity index (χ1v) is 10.7. The van der Waals surface area contributed by atoms with Crippen LogP contribution in [0.2, 0.25) is 0 Å². The summed E-state index contributed by atoms with van der Waals surface area (Å²) >= 11 is 1.33. The fourth-order valence-electron chi connectivity index (χ4n) is 3.53. The minimum atomic E-state index is -0.539. The number of carbonyl (C=O) groups excluding carboxylic acids is 2. The maximum absolute atomic E-state index is 14.4. The van der Waals surface area contributed by atoms with Gasteiger partial charge in [-0.25, -0.2) is 4.39 Å². The maximum Gasteiger partial charge on any atom is 0.273 e. The minimum absolute atomic E-state index is 0.137. The molecule has 0 saturated carbocycles. The summed E-state index contributed by atoms with van der Waals surface area (Å²) in [6, 6.07) is 17.2. The summed E-state index contributed by atoms with van der Waals surface area (Å²) in [7, 11) is 0. The van der Waals surface area contributed by atoms with Gasteiger partial charge in [0.05, 0.1) is 16.4 Å². The number of rotatable bonds is 5. The van der Waals surface area contributed by atoms with Crippen LogP contribution in [0.5, 0.6) is 0 Å². The number of benzene rings is 3. The number of nitro groups is 1. The molecule has 1 heterocycles. The van der Waals surface area contributed by atoms with Crippen LogP contribution in [0.1, 0.15) is 26.9 Å². The highest BCUT2D eigenvalue weighted by Gasteiger charge is 2.36. The van der Waals surface area contributed by atoms with Crippen molar-refractivity contribution in [3.8, 4) is 0 Å². The lowest BCUT2D eigenvalue weighted by molar-refractivity contribution is -0.385. The molecule has 3 aromatic rings. The maximum atomic E-state index is 14.4. The fraction of sp³-hybridized carbons (Fsp3) is 0.130. The lowest BCUT2D eigenvalue weighted by Crippen LogP contribution is -2.29. The Labute approximate surface area is 187 Å². The minimum Gasteiger partial charge on any atom is -0.322 e. The van der Waals surface area contributed by atoms with Crippen LogP contribution in [0.3, 0.4) is 0 Å². The molecular weight excluding hydrogens is 433 g/mol. The Morgan fingerprint density at radius 1 is 1.16 bits per heavy atom. The van der Waals surface area contributed by atoms with Gasteiger partial charge in [-0.1, -0.05) is 36.4 Å². The van der Waals surface area contributed by atoms with Gasteiger partial charge in [-0.2, -0.15) is 0 Å². The van der Waals surface area contributed by atoms with E-state index in [1.165, 1.54) is 40.9 Å². The van der Waals surface area contributed by atoms with Gasteiger partial charge in [0.2, 0.25) is 5.91 Å². The Balaban J connectivity index is 1.67. The molecule has 9 heteroatoms. The molecule has 0 aromatic heterocycles. The summed E-state index contributed by atoms with van der Waals surface area (Å²) in [5, 5.41) is 13.5. The van der Waals surface area contributed by atoms with Gasteiger partial charge < -0.3 is 5.32 Å². The summed E-state index contributed by atoms with van der Waals surface area (Å²) in [6.07, 6.45) is 0. The molecule has 4 rings (SSSR count). The first-order chi connectivity index (χ1) is 15.4. The predicted molar refractivity (Wildman–Crippen MR) is 121 cm³/mol. The normalized spacial score (nSPS) is 15.6. The van der Waals surface area contributed by atoms with Crippen LogP contribution in [0.25, 0.3) is 0 Å². The first-order valence-electron chi connectivity index (χ1n) is 9.70. The second kappa shape index (κ2) is 8.80. The van der Waals surface area contributed by atoms with Crippen molar-refractivity contribution in [3.63, 3.8) is 0 Å². The quantitative estimate of drug-likeness (QED) is 0.432. The van der Waals surface area contributed by atoms with E-state index in [1.807, 2.05) is 0 Å². The van der Waals surface area contributed by atoms with E-state index >= 15 is 0 Å². The smallest absolute Gasteiger partial charge is 0.273 e. The van der Waals surface area contributed by atoms with Crippen molar-refractivity contribution in [2.24, 2.45) is 0 Å². The van der Waals surface area contributed by atoms with Crippen LogP contribution >= 0.6 is 11.8 Å². The van der Waals surface area contributed by atoms with Crippen LogP contribution < -0.4 is 10.2 Å². The highest BCUT2D eigenvalue weighted by atomic mass is 32.2. The summed E-state index contributed by atoms with van der Waals surface area (Å²) in [6.45, 7) is 1.60. The Hall–Kier alpha value is -3.72. The summed E-state index contributed by atoms with van der Waals surface area (Å²) in [4.78, 5) is 37.5. The number of thioether (sulfide) groups is 1. The van der Waals surface area contributed by atoms with Gasteiger partial charge in [0.25, 0.3) is 11.6 Å². The van der Waals surface area contributed by atoms with Gasteiger partial charge in [0, 0.05) is 28.4 Å². The van der Waals surface area contributed by atoms with E-state index in [-0.39, 0.29) is 28.6 Å². The standard InChI is InChI=1S/C23H18FN3O4S/c1-14-10-11-15(12-20(14)27(30)31)22(29)25-18-8-4-2-6-16(18)23-26(21(28)13-32-23)19-9-5-3-7-17(19)24/h2-12,23H,13H2,1H3,(H,25,29)/t23-/m1/s1. The predicted octanol–water partition coefficient (Wildman–Crippen LogP) is 5.07. The van der Waals surface area contributed by atoms with Crippen molar-refractivity contribution in [1.82, 2.24) is 0 Å². The highest BCUT2D eigenvalue weighted by molar-refractivity contribution is 8.00. The van der Waals surface area contributed by atoms with Gasteiger partial charge in [-0.3, -0.25) is 24.6 Å². The van der Waals surface area contributed by atoms with E-state index in [1.54, 1.807) is 49.4 Å². The Morgan fingerprint density at radius 2 is 1.88 bits per heavy atom. The SMILES string of the molecule is Cc1ccc(C(=O)Nc2ccccc2[C@H]2SCC(=O)N2c2ccccc2F)cc1[N+](=O)[O-]. The molecule has 7 nitrogen and oxygen atoms in total. The van der Waals surface area contributed by atoms with Gasteiger partial charge in [-0.15, -0.1) is 11.8 Å². The molecule has 0 aliphatic carbocycles. The number of nitro benzene ring substituents is 1. The molecule has 1 aliphatic rings. The zero-order valence-electron chi connectivity index (χ0n) is 16.9. The molecule has 1 N–H and O–H groups in total. The largest absolute Gasteiger partial charge is 0.322 e. The third kappa shape index (κ3) is 4.06. The lowest BCUT2D eigenvalue weighted by Gasteiger charge is -2.26. The third-order valence-corrected chi connectivity index (χ3v) is 6.32. The van der Waals surface area contributed by atoms with Crippen LogP contribution in [-0.2, 0) is 4.79 Å². The molecule has 1 aliphatic heterocycles. The van der Waals surface area contributed by atoms with Crippen molar-refractivity contribution >= 4 is 40.6 Å². The first kappa shape index (κ1) is 21.5. The van der Waals surface area contributed by atoms with Gasteiger partial charge in [0.1, 0.15) is 11.2 Å². The molecule has 1 atom stereocenters. The highest BCUT2D eigenvalue weighted by Crippen LogP contribution is 2.44. The summed E-state index contributed by atoms with van der Waals surface area (Å²) in [5.41, 5.74) is 1.68. The average molecular weight is 451 g/mol. The van der Waals surface area contributed by atoms with E-state index in [0.717, 1.165) is 0 Å². The van der Waals surface area contributed by atoms with E-state index in [9.17, 15) is 24.1 Å². The number of nitrogens with one attached hydrogen (secondary N) is 1. The number of aryl methyl sites for hydroxylation is 1. The summed E-state index contributed by atoms with van der Waals surface area (Å²) < 4.78 is 14.4. The fourth-order valence-corrected chi connectivity index (χ4v) is 4.73. The number of para-hydroxylation sites is 2. The van der Waals surface area contributed by atoms with Crippen molar-refractivity contribution in [2.45, 2.75) is 12.3 Å². The van der Waals surface area contributed by atoms with E-state index in [2.05, 4.69) is 5.32 Å². The lowest BCUT2D eigenvalue weighted by atomic mass is 10.1. The molecule has 3 aromatic carbocycles. The molecule has 0 bridgehead atoms. The monoisotopic (exact) mass is 451 g/mol. The van der Waals surface area contributed by atoms with Crippen LogP contribution in [-0.4, -0.2) is 22.5 Å². The number of halogens is 1. The summed E-state index contributed by atoms with van der Waals surface area (Å²) in [5.74, 6) is -1.10. The number of amides is 2. The van der Waals surface area contributed by atoms with Crippen molar-refractivity contribution in [2.75, 3.05) is 16.0 Å². The second-order valence-electron chi connectivity index (χ2n) is 7.18. The van der Waals surface area contributed by atoms with E-state index < -0.39 is 22.0 Å². The van der Waals surface area contributed by atoms with E-state index in [4.69, 9.17) is 0 Å². The van der Waals surface area contributed by atoms with Crippen LogP contribution in [0, 0.1) is 22.9 Å². The molecule has 162 valence electrons. The Bertz CT molecular complexity index is 1230. The number of nitrogens with zero attached hydrogens (tertiary/aromatic N) is 2. The topological polar surface area (TPSA) is 92.6 Å². The number of carbonyl (C=O) groups is 2. The average Bonchev–Trinajstić information content (AvgIpc) is 3.15. The van der Waals surface area contributed by atoms with Crippen molar-refractivity contribution in [3.05, 3.63) is 99.4 Å². The zero-order valence-corrected chi connectivity index (χ0v) is 17.8. The molecule has 0 radical (unpaired) electrons. The number of hydrogen-bond donors (Lipinski definition) is 1. The molecular formula is C23H18FN3O4S. The van der Waals surface area contributed by atoms with Gasteiger partial charge in [-0.05, 0) is 31.2 Å². The van der Waals surface area contributed by atoms with Crippen molar-refractivity contribution in [1.29, 1.82) is 0 Å². The number of hydrogen-bond acceptors (Lipinski definition) is 5. The van der Waals surface area contributed by atoms with E-state index in [0.29, 0.717) is 16.8 Å². The van der Waals surface area contributed by atoms with Crippen LogP contribution in [0.4, 0.5) is 21.5 Å². The second-order valence-corrected chi connectivity index (χ2v) is 8.25. The molecule has 0 unspecified atom stereocenters. The molecule has 2 amide bonds. The Kier molecular flexibility index (Phi) is 5.91. The van der Waals surface area contributed by atoms with Gasteiger partial charge >= 0.3 is 0 Å². The third-order valence-electron chi connectivity index (χ3n) is 5.12. The number of anilines is 2. The zero-order chi connectivity index (χ0) is 22.8. The molecule has 0 spiro atoms. The van der Waals surface area contributed by atoms with Crippen LogP contribution in [0.15, 0.2) is 66.7 Å². The molecule has 1 saturated heterocycles. The Morgan fingerprint density at radius 3 is 2.62 bits per heavy atom. The van der Waals surface area contributed by atoms with Crippen molar-refractivity contribution < 1.29 is 18.9 Å².